The largest absolute Gasteiger partial charge is 0.358 e. The number of H-pyrrole nitrogens is 1. The number of aromatic nitrogens is 1. The van der Waals surface area contributed by atoms with Gasteiger partial charge in [0, 0.05) is 47.7 Å². The van der Waals surface area contributed by atoms with E-state index in [4.69, 9.17) is 0 Å². The monoisotopic (exact) mass is 478 g/mol. The van der Waals surface area contributed by atoms with Crippen LogP contribution < -0.4 is 10.6 Å². The van der Waals surface area contributed by atoms with Crippen molar-refractivity contribution in [1.82, 2.24) is 15.2 Å². The van der Waals surface area contributed by atoms with Crippen molar-refractivity contribution >= 4 is 35.1 Å². The Morgan fingerprint density at radius 3 is 2.54 bits per heavy atom. The number of hydrogen-bond acceptors (Lipinski definition) is 3. The third-order valence-electron chi connectivity index (χ3n) is 7.59. The van der Waals surface area contributed by atoms with Crippen LogP contribution in [0, 0.1) is 25.6 Å². The molecule has 8 heteroatoms. The molecule has 3 amide bonds. The third-order valence-corrected chi connectivity index (χ3v) is 7.59. The van der Waals surface area contributed by atoms with Crippen LogP contribution in [0.1, 0.15) is 71.4 Å². The number of aryl methyl sites for hydroxylation is 1. The first kappa shape index (κ1) is 23.3. The maximum absolute atomic E-state index is 13.8. The van der Waals surface area contributed by atoms with Gasteiger partial charge in [0.15, 0.2) is 0 Å². The Morgan fingerprint density at radius 1 is 1.11 bits per heavy atom. The minimum absolute atomic E-state index is 0.0381. The number of halogens is 1. The first-order chi connectivity index (χ1) is 16.8. The lowest BCUT2D eigenvalue weighted by atomic mass is 9.85. The maximum atomic E-state index is 13.8. The van der Waals surface area contributed by atoms with Crippen molar-refractivity contribution in [1.29, 1.82) is 0 Å². The number of anilines is 1. The van der Waals surface area contributed by atoms with Crippen LogP contribution in [-0.4, -0.2) is 46.7 Å². The molecule has 184 valence electrons. The molecule has 5 rings (SSSR count). The number of rotatable bonds is 4. The van der Waals surface area contributed by atoms with Gasteiger partial charge in [-0.25, -0.2) is 4.39 Å². The Morgan fingerprint density at radius 2 is 1.83 bits per heavy atom. The molecular weight excluding hydrogens is 447 g/mol. The van der Waals surface area contributed by atoms with Crippen molar-refractivity contribution in [3.05, 3.63) is 52.1 Å². The first-order valence-electron chi connectivity index (χ1n) is 12.4. The Hall–Kier alpha value is -3.42. The summed E-state index contributed by atoms with van der Waals surface area (Å²) < 4.78 is 13.8. The molecule has 3 aliphatic rings. The number of nitrogens with zero attached hydrogens (tertiary/aromatic N) is 1. The van der Waals surface area contributed by atoms with Crippen LogP contribution in [-0.2, 0) is 9.59 Å². The quantitative estimate of drug-likeness (QED) is 0.576. The van der Waals surface area contributed by atoms with E-state index in [0.29, 0.717) is 33.8 Å². The van der Waals surface area contributed by atoms with Gasteiger partial charge in [0.1, 0.15) is 5.82 Å². The number of aromatic amines is 1. The summed E-state index contributed by atoms with van der Waals surface area (Å²) in [6, 6.07) is 4.23. The molecule has 0 bridgehead atoms. The Bertz CT molecular complexity index is 1220. The fourth-order valence-corrected chi connectivity index (χ4v) is 5.64. The third kappa shape index (κ3) is 4.49. The van der Waals surface area contributed by atoms with E-state index in [1.807, 2.05) is 18.7 Å². The van der Waals surface area contributed by atoms with E-state index in [9.17, 15) is 18.8 Å². The summed E-state index contributed by atoms with van der Waals surface area (Å²) in [7, 11) is 0. The second kappa shape index (κ2) is 9.32. The van der Waals surface area contributed by atoms with Crippen molar-refractivity contribution in [3.8, 4) is 0 Å². The van der Waals surface area contributed by atoms with Crippen molar-refractivity contribution in [2.45, 2.75) is 58.4 Å². The Kier molecular flexibility index (Phi) is 6.21. The molecule has 3 heterocycles. The van der Waals surface area contributed by atoms with Crippen LogP contribution in [0.25, 0.3) is 11.6 Å². The summed E-state index contributed by atoms with van der Waals surface area (Å²) >= 11 is 0. The van der Waals surface area contributed by atoms with E-state index in [0.717, 1.165) is 57.2 Å². The van der Waals surface area contributed by atoms with Gasteiger partial charge in [-0.1, -0.05) is 0 Å². The van der Waals surface area contributed by atoms with Gasteiger partial charge in [-0.2, -0.15) is 0 Å². The van der Waals surface area contributed by atoms with E-state index in [2.05, 4.69) is 15.6 Å². The average molecular weight is 479 g/mol. The zero-order valence-electron chi connectivity index (χ0n) is 20.2. The minimum atomic E-state index is -0.414. The van der Waals surface area contributed by atoms with Crippen molar-refractivity contribution in [2.24, 2.45) is 5.92 Å². The summed E-state index contributed by atoms with van der Waals surface area (Å²) in [6.45, 7) is 5.43. The number of carbonyl (C=O) groups excluding carboxylic acids is 3. The van der Waals surface area contributed by atoms with Gasteiger partial charge in [-0.05, 0) is 82.2 Å². The number of carbonyl (C=O) groups is 3. The van der Waals surface area contributed by atoms with Crippen LogP contribution in [0.2, 0.25) is 0 Å². The molecule has 0 unspecified atom stereocenters. The molecule has 1 aromatic heterocycles. The van der Waals surface area contributed by atoms with Gasteiger partial charge in [0.25, 0.3) is 11.8 Å². The van der Waals surface area contributed by atoms with Crippen LogP contribution in [0.15, 0.2) is 18.2 Å². The molecule has 2 aliphatic heterocycles. The highest BCUT2D eigenvalue weighted by Gasteiger charge is 2.32. The van der Waals surface area contributed by atoms with E-state index < -0.39 is 5.82 Å². The van der Waals surface area contributed by atoms with E-state index in [-0.39, 0.29) is 29.7 Å². The number of likely N-dealkylation sites (tertiary alicyclic amines) is 1. The molecule has 1 saturated heterocycles. The predicted molar refractivity (Wildman–Crippen MR) is 132 cm³/mol. The SMILES string of the molecule is Cc1[nH]c(C=C2C(=O)Nc3ccc(F)cc32)c(C)c1C(=O)NC1CCC(C(=O)N2CCCC2)CC1. The van der Waals surface area contributed by atoms with Gasteiger partial charge >= 0.3 is 0 Å². The molecule has 7 nitrogen and oxygen atoms in total. The number of amides is 3. The number of benzene rings is 1. The van der Waals surface area contributed by atoms with E-state index >= 15 is 0 Å². The molecule has 0 spiro atoms. The highest BCUT2D eigenvalue weighted by molar-refractivity contribution is 6.34. The number of nitrogens with one attached hydrogen (secondary N) is 3. The second-order valence-corrected chi connectivity index (χ2v) is 9.92. The highest BCUT2D eigenvalue weighted by atomic mass is 19.1. The first-order valence-corrected chi connectivity index (χ1v) is 12.4. The van der Waals surface area contributed by atoms with Gasteiger partial charge in [-0.3, -0.25) is 14.4 Å². The molecule has 1 aromatic carbocycles. The van der Waals surface area contributed by atoms with Crippen LogP contribution in [0.5, 0.6) is 0 Å². The summed E-state index contributed by atoms with van der Waals surface area (Å²) in [6.07, 6.45) is 7.05. The molecule has 2 aromatic rings. The number of fused-ring (bicyclic) bond motifs is 1. The summed E-state index contributed by atoms with van der Waals surface area (Å²) in [5.74, 6) is -0.524. The lowest BCUT2D eigenvalue weighted by Crippen LogP contribution is -2.41. The van der Waals surface area contributed by atoms with Crippen molar-refractivity contribution in [2.75, 3.05) is 18.4 Å². The smallest absolute Gasteiger partial charge is 0.256 e. The molecule has 2 fully saturated rings. The normalized spacial score (nSPS) is 22.9. The lowest BCUT2D eigenvalue weighted by molar-refractivity contribution is -0.135. The topological polar surface area (TPSA) is 94.3 Å². The summed E-state index contributed by atoms with van der Waals surface area (Å²) in [5, 5.41) is 5.90. The molecular formula is C27H31FN4O3. The Labute approximate surface area is 204 Å². The van der Waals surface area contributed by atoms with Gasteiger partial charge in [0.2, 0.25) is 5.91 Å². The Balaban J connectivity index is 1.27. The van der Waals surface area contributed by atoms with Crippen LogP contribution in [0.4, 0.5) is 10.1 Å². The lowest BCUT2D eigenvalue weighted by Gasteiger charge is -2.31. The minimum Gasteiger partial charge on any atom is -0.358 e. The van der Waals surface area contributed by atoms with E-state index in [1.165, 1.54) is 12.1 Å². The van der Waals surface area contributed by atoms with Crippen LogP contribution >= 0.6 is 0 Å². The fraction of sp³-hybridized carbons (Fsp3) is 0.444. The highest BCUT2D eigenvalue weighted by Crippen LogP contribution is 2.34. The zero-order valence-corrected chi connectivity index (χ0v) is 20.2. The van der Waals surface area contributed by atoms with Crippen LogP contribution in [0.3, 0.4) is 0 Å². The zero-order chi connectivity index (χ0) is 24.7. The molecule has 3 N–H and O–H groups in total. The van der Waals surface area contributed by atoms with Gasteiger partial charge < -0.3 is 20.5 Å². The molecule has 0 radical (unpaired) electrons. The fourth-order valence-electron chi connectivity index (χ4n) is 5.64. The van der Waals surface area contributed by atoms with Crippen molar-refractivity contribution < 1.29 is 18.8 Å². The predicted octanol–water partition coefficient (Wildman–Crippen LogP) is 4.17. The second-order valence-electron chi connectivity index (χ2n) is 9.92. The molecule has 1 saturated carbocycles. The summed E-state index contributed by atoms with van der Waals surface area (Å²) in [4.78, 5) is 43.6. The molecule has 0 atom stereocenters. The maximum Gasteiger partial charge on any atom is 0.256 e. The number of hydrogen-bond donors (Lipinski definition) is 3. The van der Waals surface area contributed by atoms with Gasteiger partial charge in [0.05, 0.1) is 11.1 Å². The van der Waals surface area contributed by atoms with E-state index in [1.54, 1.807) is 12.1 Å². The molecule has 1 aliphatic carbocycles. The average Bonchev–Trinajstić information content (AvgIpc) is 3.53. The molecule has 35 heavy (non-hydrogen) atoms. The van der Waals surface area contributed by atoms with Crippen molar-refractivity contribution in [3.63, 3.8) is 0 Å². The standard InChI is InChI=1S/C27H31FN4O3/c1-15-23(14-21-20-13-18(28)7-10-22(20)31-25(21)33)29-16(2)24(15)26(34)30-19-8-5-17(6-9-19)27(35)32-11-3-4-12-32/h7,10,13-14,17,19,29H,3-6,8-9,11-12H2,1-2H3,(H,30,34)(H,31,33). The van der Waals surface area contributed by atoms with Gasteiger partial charge in [-0.15, -0.1) is 0 Å². The summed E-state index contributed by atoms with van der Waals surface area (Å²) in [5.41, 5.74) is 4.09.